The number of nitrogens with zero attached hydrogens (tertiary/aromatic N) is 2. The van der Waals surface area contributed by atoms with E-state index in [0.29, 0.717) is 5.56 Å². The van der Waals surface area contributed by atoms with Crippen LogP contribution in [-0.4, -0.2) is 35.4 Å². The topological polar surface area (TPSA) is 44.8 Å². The number of esters is 1. The molecule has 0 amide bonds. The maximum atomic E-state index is 12.1. The summed E-state index contributed by atoms with van der Waals surface area (Å²) in [6.45, 7) is 2.34. The van der Waals surface area contributed by atoms with Crippen molar-refractivity contribution in [3.05, 3.63) is 59.8 Å². The molecular formula is C16H19N3O2. The minimum atomic E-state index is -0.309. The van der Waals surface area contributed by atoms with Crippen molar-refractivity contribution in [1.29, 1.82) is 0 Å². The summed E-state index contributed by atoms with van der Waals surface area (Å²) in [5.41, 5.74) is 4.77. The van der Waals surface area contributed by atoms with E-state index in [0.717, 1.165) is 12.1 Å². The number of fused-ring (bicyclic) bond motifs is 1. The number of nitrogens with one attached hydrogen (secondary N) is 1. The van der Waals surface area contributed by atoms with E-state index in [9.17, 15) is 4.79 Å². The van der Waals surface area contributed by atoms with Crippen molar-refractivity contribution < 1.29 is 9.53 Å². The zero-order chi connectivity index (χ0) is 14.9. The molecule has 0 radical (unpaired) electrons. The smallest absolute Gasteiger partial charge is 0.339 e. The molecule has 110 valence electrons. The fraction of sp³-hybridized carbons (Fsp3) is 0.312. The van der Waals surface area contributed by atoms with E-state index in [-0.39, 0.29) is 18.2 Å². The minimum absolute atomic E-state index is 0.194. The number of carbonyl (C=O) groups excluding carboxylic acids is 1. The number of hydrogen-bond donors (Lipinski definition) is 1. The Balaban J connectivity index is 1.69. The van der Waals surface area contributed by atoms with Crippen molar-refractivity contribution >= 4 is 5.97 Å². The first-order valence-corrected chi connectivity index (χ1v) is 6.99. The fourth-order valence-electron chi connectivity index (χ4n) is 2.73. The van der Waals surface area contributed by atoms with Crippen molar-refractivity contribution in [2.75, 3.05) is 13.8 Å². The second-order valence-electron chi connectivity index (χ2n) is 5.45. The van der Waals surface area contributed by atoms with Gasteiger partial charge in [-0.15, -0.1) is 0 Å². The molecular weight excluding hydrogens is 266 g/mol. The van der Waals surface area contributed by atoms with Crippen LogP contribution in [-0.2, 0) is 4.74 Å². The van der Waals surface area contributed by atoms with E-state index < -0.39 is 0 Å². The number of hydrogen-bond acceptors (Lipinski definition) is 5. The van der Waals surface area contributed by atoms with Gasteiger partial charge in [0.15, 0.2) is 6.73 Å². The third kappa shape index (κ3) is 2.46. The van der Waals surface area contributed by atoms with Gasteiger partial charge in [0.1, 0.15) is 0 Å². The second kappa shape index (κ2) is 5.35. The van der Waals surface area contributed by atoms with E-state index >= 15 is 0 Å². The number of hydrazine groups is 2. The summed E-state index contributed by atoms with van der Waals surface area (Å²) in [5, 5.41) is 3.89. The van der Waals surface area contributed by atoms with E-state index in [4.69, 9.17) is 4.74 Å². The molecule has 0 aromatic heterocycles. The Morgan fingerprint density at radius 2 is 2.14 bits per heavy atom. The second-order valence-corrected chi connectivity index (χ2v) is 5.45. The number of carbonyl (C=O) groups is 1. The lowest BCUT2D eigenvalue weighted by molar-refractivity contribution is -0.104. The summed E-state index contributed by atoms with van der Waals surface area (Å²) in [7, 11) is 1.92. The number of rotatable bonds is 3. The third-order valence-electron chi connectivity index (χ3n) is 4.04. The van der Waals surface area contributed by atoms with Gasteiger partial charge in [-0.1, -0.05) is 30.4 Å². The van der Waals surface area contributed by atoms with Crippen LogP contribution in [0.4, 0.5) is 0 Å². The molecule has 1 atom stereocenters. The molecule has 1 saturated heterocycles. The largest absolute Gasteiger partial charge is 0.445 e. The summed E-state index contributed by atoms with van der Waals surface area (Å²) >= 11 is 0. The highest BCUT2D eigenvalue weighted by Crippen LogP contribution is 2.35. The van der Waals surface area contributed by atoms with E-state index in [2.05, 4.69) is 24.5 Å². The van der Waals surface area contributed by atoms with Crippen LogP contribution < -0.4 is 5.43 Å². The van der Waals surface area contributed by atoms with Crippen molar-refractivity contribution in [2.24, 2.45) is 0 Å². The van der Waals surface area contributed by atoms with Crippen LogP contribution in [0, 0.1) is 0 Å². The lowest BCUT2D eigenvalue weighted by Gasteiger charge is -2.35. The Hall–Kier alpha value is -2.11. The van der Waals surface area contributed by atoms with Crippen molar-refractivity contribution in [1.82, 2.24) is 15.6 Å². The predicted molar refractivity (Wildman–Crippen MR) is 79.7 cm³/mol. The lowest BCUT2D eigenvalue weighted by Crippen LogP contribution is -2.49. The van der Waals surface area contributed by atoms with Crippen LogP contribution in [0.1, 0.15) is 23.7 Å². The Morgan fingerprint density at radius 1 is 1.38 bits per heavy atom. The zero-order valence-electron chi connectivity index (χ0n) is 12.2. The third-order valence-corrected chi connectivity index (χ3v) is 4.04. The van der Waals surface area contributed by atoms with E-state index in [1.54, 1.807) is 12.1 Å². The Kier molecular flexibility index (Phi) is 3.53. The Labute approximate surface area is 124 Å². The number of benzene rings is 1. The highest BCUT2D eigenvalue weighted by Gasteiger charge is 2.45. The molecule has 1 aromatic carbocycles. The molecule has 5 nitrogen and oxygen atoms in total. The predicted octanol–water partition coefficient (Wildman–Crippen LogP) is 2.07. The van der Waals surface area contributed by atoms with Crippen LogP contribution in [0.2, 0.25) is 0 Å². The molecule has 1 N–H and O–H groups in total. The molecule has 1 aliphatic heterocycles. The van der Waals surface area contributed by atoms with Crippen LogP contribution in [0.15, 0.2) is 54.3 Å². The monoisotopic (exact) mass is 285 g/mol. The number of ether oxygens (including phenoxy) is 1. The normalized spacial score (nSPS) is 25.1. The van der Waals surface area contributed by atoms with Gasteiger partial charge >= 0.3 is 5.97 Å². The molecule has 0 spiro atoms. The van der Waals surface area contributed by atoms with E-state index in [1.807, 2.05) is 41.4 Å². The van der Waals surface area contributed by atoms with Gasteiger partial charge < -0.3 is 10.2 Å². The summed E-state index contributed by atoms with van der Waals surface area (Å²) < 4.78 is 5.45. The van der Waals surface area contributed by atoms with Crippen LogP contribution >= 0.6 is 0 Å². The van der Waals surface area contributed by atoms with Gasteiger partial charge in [-0.3, -0.25) is 0 Å². The first-order valence-electron chi connectivity index (χ1n) is 6.99. The summed E-state index contributed by atoms with van der Waals surface area (Å²) in [6, 6.07) is 9.04. The first-order chi connectivity index (χ1) is 10.1. The summed E-state index contributed by atoms with van der Waals surface area (Å²) in [6.07, 6.45) is 7.09. The quantitative estimate of drug-likeness (QED) is 0.861. The number of allylic oxidation sites excluding steroid dienone is 2. The minimum Gasteiger partial charge on any atom is -0.445 e. The van der Waals surface area contributed by atoms with Crippen molar-refractivity contribution in [3.8, 4) is 0 Å². The van der Waals surface area contributed by atoms with Gasteiger partial charge in [-0.05, 0) is 31.6 Å². The van der Waals surface area contributed by atoms with Crippen LogP contribution in [0.25, 0.3) is 0 Å². The average Bonchev–Trinajstić information content (AvgIpc) is 2.76. The summed E-state index contributed by atoms with van der Waals surface area (Å²) in [4.78, 5) is 12.1. The molecule has 1 unspecified atom stereocenters. The summed E-state index contributed by atoms with van der Waals surface area (Å²) in [5.74, 6) is -0.309. The van der Waals surface area contributed by atoms with Gasteiger partial charge in [0.2, 0.25) is 0 Å². The van der Waals surface area contributed by atoms with Gasteiger partial charge in [0, 0.05) is 12.7 Å². The molecule has 1 aliphatic carbocycles. The molecule has 3 rings (SSSR count). The average molecular weight is 285 g/mol. The Bertz CT molecular complexity index is 597. The SMILES string of the molecule is CN1NC2=CC=CCC2(C)N1COC(=O)c1ccccc1. The first kappa shape index (κ1) is 13.9. The van der Waals surface area contributed by atoms with Crippen LogP contribution in [0.5, 0.6) is 0 Å². The highest BCUT2D eigenvalue weighted by molar-refractivity contribution is 5.89. The Morgan fingerprint density at radius 3 is 2.90 bits per heavy atom. The van der Waals surface area contributed by atoms with Crippen LogP contribution in [0.3, 0.4) is 0 Å². The van der Waals surface area contributed by atoms with Crippen molar-refractivity contribution in [3.63, 3.8) is 0 Å². The molecule has 1 heterocycles. The highest BCUT2D eigenvalue weighted by atomic mass is 16.5. The van der Waals surface area contributed by atoms with Gasteiger partial charge in [-0.2, -0.15) is 10.1 Å². The molecule has 0 bridgehead atoms. The molecule has 2 aliphatic rings. The molecule has 1 aromatic rings. The maximum Gasteiger partial charge on any atom is 0.339 e. The van der Waals surface area contributed by atoms with Crippen molar-refractivity contribution in [2.45, 2.75) is 18.9 Å². The standard InChI is InChI=1S/C16H19N3O2/c1-16-11-7-6-10-14(16)17-18(2)19(16)12-21-15(20)13-8-4-3-5-9-13/h3-10,17H,11-12H2,1-2H3. The van der Waals surface area contributed by atoms with E-state index in [1.165, 1.54) is 0 Å². The van der Waals surface area contributed by atoms with Gasteiger partial charge in [-0.25, -0.2) is 4.79 Å². The lowest BCUT2D eigenvalue weighted by atomic mass is 9.90. The van der Waals surface area contributed by atoms with Gasteiger partial charge in [0.05, 0.1) is 11.1 Å². The zero-order valence-corrected chi connectivity index (χ0v) is 12.2. The molecule has 5 heteroatoms. The molecule has 21 heavy (non-hydrogen) atoms. The molecule has 1 fully saturated rings. The maximum absolute atomic E-state index is 12.1. The fourth-order valence-corrected chi connectivity index (χ4v) is 2.73. The van der Waals surface area contributed by atoms with Gasteiger partial charge in [0.25, 0.3) is 0 Å². The molecule has 0 saturated carbocycles.